The number of nitrogens with zero attached hydrogens (tertiary/aromatic N) is 4. The molecule has 1 aromatic heterocycles. The van der Waals surface area contributed by atoms with Crippen LogP contribution in [0.2, 0.25) is 0 Å². The van der Waals surface area contributed by atoms with Crippen molar-refractivity contribution < 1.29 is 28.7 Å². The Labute approximate surface area is 286 Å². The third-order valence-corrected chi connectivity index (χ3v) is 9.45. The van der Waals surface area contributed by atoms with E-state index in [2.05, 4.69) is 66.3 Å². The summed E-state index contributed by atoms with van der Waals surface area (Å²) in [6, 6.07) is 18.3. The van der Waals surface area contributed by atoms with Crippen LogP contribution in [0.3, 0.4) is 0 Å². The molecule has 1 aliphatic heterocycles. The van der Waals surface area contributed by atoms with E-state index in [1.807, 2.05) is 36.4 Å². The minimum atomic E-state index is -1.35. The molecule has 0 spiro atoms. The number of carbonyl (C=O) groups excluding carboxylic acids is 1. The van der Waals surface area contributed by atoms with Crippen LogP contribution in [0.15, 0.2) is 64.1 Å². The molecule has 3 aromatic carbocycles. The SMILES string of the molecule is CC(C)(C)OC(=O)N=C(NC(=O)O)N1CCC[C@H]1c1nc(-c2ccc3cc(OCc4ccc5c(c4)C(C)(C)CCC5(C)C)ccc3c2)no1. The first-order chi connectivity index (χ1) is 23.1. The van der Waals surface area contributed by atoms with Crippen LogP contribution < -0.4 is 10.1 Å². The molecule has 1 atom stereocenters. The molecule has 0 saturated carbocycles. The number of nitrogens with one attached hydrogen (secondary N) is 1. The number of likely N-dealkylation sites (tertiary alicyclic amines) is 1. The second-order valence-electron chi connectivity index (χ2n) is 15.3. The van der Waals surface area contributed by atoms with E-state index in [0.29, 0.717) is 37.7 Å². The van der Waals surface area contributed by atoms with Crippen LogP contribution in [0.4, 0.5) is 9.59 Å². The van der Waals surface area contributed by atoms with Gasteiger partial charge in [-0.15, -0.1) is 4.99 Å². The average Bonchev–Trinajstić information content (AvgIpc) is 3.71. The van der Waals surface area contributed by atoms with Crippen molar-refractivity contribution in [1.29, 1.82) is 0 Å². The van der Waals surface area contributed by atoms with Crippen molar-refractivity contribution >= 4 is 28.9 Å². The number of amides is 2. The molecule has 49 heavy (non-hydrogen) atoms. The lowest BCUT2D eigenvalue weighted by atomic mass is 9.63. The van der Waals surface area contributed by atoms with Crippen LogP contribution >= 0.6 is 0 Å². The maximum atomic E-state index is 12.4. The Morgan fingerprint density at radius 1 is 1.00 bits per heavy atom. The lowest BCUT2D eigenvalue weighted by Gasteiger charge is -2.42. The summed E-state index contributed by atoms with van der Waals surface area (Å²) in [4.78, 5) is 34.2. The third kappa shape index (κ3) is 7.55. The Morgan fingerprint density at radius 2 is 1.71 bits per heavy atom. The quantitative estimate of drug-likeness (QED) is 0.158. The van der Waals surface area contributed by atoms with E-state index < -0.39 is 23.8 Å². The van der Waals surface area contributed by atoms with E-state index in [1.54, 1.807) is 25.7 Å². The van der Waals surface area contributed by atoms with Crippen LogP contribution in [0, 0.1) is 0 Å². The summed E-state index contributed by atoms with van der Waals surface area (Å²) in [5.74, 6) is 1.35. The predicted octanol–water partition coefficient (Wildman–Crippen LogP) is 8.51. The molecule has 6 rings (SSSR count). The predicted molar refractivity (Wildman–Crippen MR) is 187 cm³/mol. The highest BCUT2D eigenvalue weighted by molar-refractivity contribution is 5.98. The van der Waals surface area contributed by atoms with Crippen molar-refractivity contribution in [3.05, 3.63) is 77.2 Å². The number of ether oxygens (including phenoxy) is 2. The molecule has 2 heterocycles. The Hall–Kier alpha value is -4.93. The van der Waals surface area contributed by atoms with E-state index in [1.165, 1.54) is 24.0 Å². The van der Waals surface area contributed by atoms with E-state index in [0.717, 1.165) is 27.6 Å². The van der Waals surface area contributed by atoms with Crippen molar-refractivity contribution in [3.63, 3.8) is 0 Å². The minimum absolute atomic E-state index is 0.146. The van der Waals surface area contributed by atoms with E-state index in [9.17, 15) is 14.7 Å². The summed E-state index contributed by atoms with van der Waals surface area (Å²) in [6.07, 6.45) is 1.43. The Balaban J connectivity index is 1.16. The van der Waals surface area contributed by atoms with Crippen molar-refractivity contribution in [3.8, 4) is 17.1 Å². The fourth-order valence-corrected chi connectivity index (χ4v) is 6.74. The van der Waals surface area contributed by atoms with Gasteiger partial charge in [0.2, 0.25) is 17.7 Å². The van der Waals surface area contributed by atoms with Gasteiger partial charge < -0.3 is 24.0 Å². The second-order valence-corrected chi connectivity index (χ2v) is 15.3. The maximum absolute atomic E-state index is 12.4. The summed E-state index contributed by atoms with van der Waals surface area (Å²) in [7, 11) is 0. The van der Waals surface area contributed by atoms with Crippen LogP contribution in [0.1, 0.15) is 103 Å². The van der Waals surface area contributed by atoms with Crippen LogP contribution in [0.25, 0.3) is 22.2 Å². The fourth-order valence-electron chi connectivity index (χ4n) is 6.74. The molecule has 1 saturated heterocycles. The van der Waals surface area contributed by atoms with Gasteiger partial charge in [0.05, 0.1) is 0 Å². The molecule has 1 aliphatic carbocycles. The Bertz CT molecular complexity index is 1920. The molecule has 4 aromatic rings. The van der Waals surface area contributed by atoms with Gasteiger partial charge in [-0.05, 0) is 103 Å². The average molecular weight is 668 g/mol. The number of carbonyl (C=O) groups is 2. The molecule has 1 fully saturated rings. The molecule has 11 nitrogen and oxygen atoms in total. The topological polar surface area (TPSA) is 139 Å². The highest BCUT2D eigenvalue weighted by Gasteiger charge is 2.37. The number of hydrogen-bond acceptors (Lipinski definition) is 7. The zero-order valence-electron chi connectivity index (χ0n) is 29.3. The number of rotatable bonds is 5. The number of aliphatic imine (C=N–C) groups is 1. The molecular weight excluding hydrogens is 622 g/mol. The smallest absolute Gasteiger partial charge is 0.437 e. The number of fused-ring (bicyclic) bond motifs is 2. The maximum Gasteiger partial charge on any atom is 0.437 e. The summed E-state index contributed by atoms with van der Waals surface area (Å²) < 4.78 is 17.2. The summed E-state index contributed by atoms with van der Waals surface area (Å²) in [5.41, 5.74) is 4.34. The Morgan fingerprint density at radius 3 is 2.45 bits per heavy atom. The molecular formula is C38H45N5O6. The summed E-state index contributed by atoms with van der Waals surface area (Å²) in [6.45, 7) is 15.4. The number of hydrogen-bond donors (Lipinski definition) is 2. The molecule has 0 radical (unpaired) electrons. The fraction of sp³-hybridized carbons (Fsp3) is 0.447. The van der Waals surface area contributed by atoms with E-state index >= 15 is 0 Å². The normalized spacial score (nSPS) is 18.6. The summed E-state index contributed by atoms with van der Waals surface area (Å²) >= 11 is 0. The number of benzene rings is 3. The zero-order valence-corrected chi connectivity index (χ0v) is 29.3. The van der Waals surface area contributed by atoms with Gasteiger partial charge in [-0.1, -0.05) is 69.2 Å². The van der Waals surface area contributed by atoms with Gasteiger partial charge in [-0.3, -0.25) is 5.32 Å². The third-order valence-electron chi connectivity index (χ3n) is 9.45. The number of guanidine groups is 1. The number of aromatic nitrogens is 2. The van der Waals surface area contributed by atoms with E-state index in [-0.39, 0.29) is 16.8 Å². The first-order valence-electron chi connectivity index (χ1n) is 16.8. The van der Waals surface area contributed by atoms with Crippen molar-refractivity contribution in [2.24, 2.45) is 4.99 Å². The zero-order chi connectivity index (χ0) is 35.1. The summed E-state index contributed by atoms with van der Waals surface area (Å²) in [5, 5.41) is 17.9. The van der Waals surface area contributed by atoms with Gasteiger partial charge in [0.1, 0.15) is 24.0 Å². The minimum Gasteiger partial charge on any atom is -0.489 e. The first-order valence-corrected chi connectivity index (χ1v) is 16.8. The highest BCUT2D eigenvalue weighted by Crippen LogP contribution is 2.46. The van der Waals surface area contributed by atoms with Crippen molar-refractivity contribution in [2.75, 3.05) is 6.54 Å². The molecule has 11 heteroatoms. The molecule has 0 bridgehead atoms. The molecule has 2 amide bonds. The monoisotopic (exact) mass is 667 g/mol. The standard InChI is InChI=1S/C38H45N5O6/c1-36(2,3)48-35(46)41-33(40-34(44)45)43-18-8-9-30(43)32-39-31(42-49-32)26-12-11-25-21-27(14-13-24(25)20-26)47-22-23-10-15-28-29(19-23)38(6,7)17-16-37(28,4)5/h10-15,19-21,30H,8-9,16-18,22H2,1-7H3,(H,44,45)(H,40,41,46)/t30-/m0/s1. The van der Waals surface area contributed by atoms with Gasteiger partial charge in [0.25, 0.3) is 0 Å². The Kier molecular flexibility index (Phi) is 8.89. The first kappa shape index (κ1) is 34.0. The van der Waals surface area contributed by atoms with Gasteiger partial charge in [0, 0.05) is 12.1 Å². The van der Waals surface area contributed by atoms with Crippen molar-refractivity contribution in [2.45, 2.75) is 103 Å². The number of carboxylic acid groups (broad SMARTS) is 1. The second kappa shape index (κ2) is 12.8. The molecule has 2 N–H and O–H groups in total. The lowest BCUT2D eigenvalue weighted by Crippen LogP contribution is -2.44. The van der Waals surface area contributed by atoms with Crippen molar-refractivity contribution in [1.82, 2.24) is 20.4 Å². The lowest BCUT2D eigenvalue weighted by molar-refractivity contribution is 0.0600. The van der Waals surface area contributed by atoms with Gasteiger partial charge >= 0.3 is 12.2 Å². The molecule has 258 valence electrons. The molecule has 2 aliphatic rings. The van der Waals surface area contributed by atoms with Gasteiger partial charge in [0.15, 0.2) is 0 Å². The van der Waals surface area contributed by atoms with Gasteiger partial charge in [-0.2, -0.15) is 4.98 Å². The van der Waals surface area contributed by atoms with Crippen LogP contribution in [0.5, 0.6) is 5.75 Å². The molecule has 0 unspecified atom stereocenters. The highest BCUT2D eigenvalue weighted by atomic mass is 16.6. The van der Waals surface area contributed by atoms with Crippen LogP contribution in [-0.4, -0.2) is 50.4 Å². The largest absolute Gasteiger partial charge is 0.489 e. The van der Waals surface area contributed by atoms with E-state index in [4.69, 9.17) is 14.0 Å². The van der Waals surface area contributed by atoms with Gasteiger partial charge in [-0.25, -0.2) is 9.59 Å². The van der Waals surface area contributed by atoms with Crippen LogP contribution in [-0.2, 0) is 22.2 Å².